The Morgan fingerprint density at radius 2 is 1.38 bits per heavy atom. The number of carbonyl (C=O) groups excluding carboxylic acids is 1. The van der Waals surface area contributed by atoms with Crippen LogP contribution in [0.15, 0.2) is 103 Å². The molecular weight excluding hydrogens is 517 g/mol. The zero-order valence-electron chi connectivity index (χ0n) is 23.8. The lowest BCUT2D eigenvalue weighted by atomic mass is 9.93. The number of hydrogen-bond donors (Lipinski definition) is 0. The van der Waals surface area contributed by atoms with Gasteiger partial charge in [0.05, 0.1) is 19.8 Å². The minimum atomic E-state index is -4.72. The predicted octanol–water partition coefficient (Wildman–Crippen LogP) is 8.74. The lowest BCUT2D eigenvalue weighted by Gasteiger charge is -2.35. The number of benzene rings is 1. The highest BCUT2D eigenvalue weighted by Gasteiger charge is 2.57. The van der Waals surface area contributed by atoms with E-state index in [-0.39, 0.29) is 18.4 Å². The maximum atomic E-state index is 14.2. The molecular formula is C33H43F3O4. The van der Waals surface area contributed by atoms with Gasteiger partial charge in [-0.05, 0) is 44.1 Å². The Labute approximate surface area is 237 Å². The van der Waals surface area contributed by atoms with E-state index in [1.165, 1.54) is 31.4 Å². The van der Waals surface area contributed by atoms with E-state index in [0.29, 0.717) is 6.42 Å². The van der Waals surface area contributed by atoms with Crippen LogP contribution in [0.1, 0.15) is 57.4 Å². The van der Waals surface area contributed by atoms with Gasteiger partial charge in [0.2, 0.25) is 5.60 Å². The molecule has 4 nitrogen and oxygen atoms in total. The van der Waals surface area contributed by atoms with Gasteiger partial charge in [-0.3, -0.25) is 4.79 Å². The first-order valence-electron chi connectivity index (χ1n) is 13.6. The van der Waals surface area contributed by atoms with Gasteiger partial charge in [0.15, 0.2) is 0 Å². The highest BCUT2D eigenvalue weighted by atomic mass is 19.4. The summed E-state index contributed by atoms with van der Waals surface area (Å²) in [5.74, 6) is -0.464. The van der Waals surface area contributed by atoms with E-state index >= 15 is 0 Å². The Hall–Kier alpha value is -3.16. The van der Waals surface area contributed by atoms with Crippen LogP contribution in [0.25, 0.3) is 0 Å². The quantitative estimate of drug-likeness (QED) is 0.0964. The number of ether oxygens (including phenoxy) is 3. The Balaban J connectivity index is 2.67. The lowest BCUT2D eigenvalue weighted by Crippen LogP contribution is -2.48. The van der Waals surface area contributed by atoms with E-state index in [1.54, 1.807) is 24.3 Å². The minimum absolute atomic E-state index is 0.00844. The van der Waals surface area contributed by atoms with Crippen molar-refractivity contribution in [2.45, 2.75) is 69.8 Å². The molecule has 0 aliphatic rings. The molecule has 40 heavy (non-hydrogen) atoms. The van der Waals surface area contributed by atoms with Crippen molar-refractivity contribution in [3.05, 3.63) is 109 Å². The Morgan fingerprint density at radius 1 is 0.825 bits per heavy atom. The largest absolute Gasteiger partial charge is 0.469 e. The number of esters is 1. The van der Waals surface area contributed by atoms with Gasteiger partial charge in [0.1, 0.15) is 0 Å². The highest BCUT2D eigenvalue weighted by Crippen LogP contribution is 2.42. The van der Waals surface area contributed by atoms with Crippen LogP contribution in [0, 0.1) is 0 Å². The van der Waals surface area contributed by atoms with E-state index in [4.69, 9.17) is 9.47 Å². The zero-order valence-corrected chi connectivity index (χ0v) is 23.8. The maximum absolute atomic E-state index is 14.2. The summed E-state index contributed by atoms with van der Waals surface area (Å²) >= 11 is 0. The van der Waals surface area contributed by atoms with Crippen molar-refractivity contribution in [3.8, 4) is 0 Å². The molecule has 0 aliphatic heterocycles. The molecule has 1 aromatic carbocycles. The average molecular weight is 561 g/mol. The number of methoxy groups -OCH3 is 2. The van der Waals surface area contributed by atoms with Crippen LogP contribution < -0.4 is 0 Å². The van der Waals surface area contributed by atoms with Crippen molar-refractivity contribution in [2.24, 2.45) is 0 Å². The number of halogens is 3. The first-order valence-corrected chi connectivity index (χ1v) is 13.6. The first kappa shape index (κ1) is 34.9. The molecule has 0 N–H and O–H groups in total. The summed E-state index contributed by atoms with van der Waals surface area (Å²) in [5, 5.41) is 0. The molecule has 0 heterocycles. The monoisotopic (exact) mass is 560 g/mol. The van der Waals surface area contributed by atoms with Crippen LogP contribution in [0.2, 0.25) is 0 Å². The lowest BCUT2D eigenvalue weighted by molar-refractivity contribution is -0.293. The zero-order chi connectivity index (χ0) is 29.5. The van der Waals surface area contributed by atoms with Crippen molar-refractivity contribution >= 4 is 5.97 Å². The SMILES string of the molecule is CC/C=C\C/C=C\C/C=C\C/C=C\C/C=C\C=C\[C@@H](CCC(=O)OC)OC[C@@](OC)(c1ccccc1)C(F)(F)F. The summed E-state index contributed by atoms with van der Waals surface area (Å²) in [6.45, 7) is 1.35. The molecule has 0 spiro atoms. The number of carbonyl (C=O) groups is 1. The van der Waals surface area contributed by atoms with Gasteiger partial charge in [-0.15, -0.1) is 0 Å². The van der Waals surface area contributed by atoms with Gasteiger partial charge < -0.3 is 14.2 Å². The molecule has 0 aromatic heterocycles. The van der Waals surface area contributed by atoms with Gasteiger partial charge in [-0.1, -0.05) is 110 Å². The van der Waals surface area contributed by atoms with Gasteiger partial charge in [0.25, 0.3) is 0 Å². The van der Waals surface area contributed by atoms with Gasteiger partial charge in [-0.25, -0.2) is 0 Å². The Bertz CT molecular complexity index is 991. The third kappa shape index (κ3) is 13.8. The molecule has 0 unspecified atom stereocenters. The Morgan fingerprint density at radius 3 is 1.88 bits per heavy atom. The summed E-state index contributed by atoms with van der Waals surface area (Å²) in [5.41, 5.74) is -2.69. The van der Waals surface area contributed by atoms with Crippen molar-refractivity contribution < 1.29 is 32.2 Å². The van der Waals surface area contributed by atoms with Crippen molar-refractivity contribution in [3.63, 3.8) is 0 Å². The predicted molar refractivity (Wildman–Crippen MR) is 156 cm³/mol. The molecule has 0 bridgehead atoms. The van der Waals surface area contributed by atoms with Crippen LogP contribution in [-0.4, -0.2) is 39.1 Å². The number of alkyl halides is 3. The molecule has 0 fully saturated rings. The van der Waals surface area contributed by atoms with E-state index in [1.807, 2.05) is 12.2 Å². The number of rotatable bonds is 19. The smallest absolute Gasteiger partial charge is 0.424 e. The van der Waals surface area contributed by atoms with E-state index in [2.05, 4.69) is 54.2 Å². The third-order valence-electron chi connectivity index (χ3n) is 5.97. The van der Waals surface area contributed by atoms with Crippen LogP contribution in [0.3, 0.4) is 0 Å². The summed E-state index contributed by atoms with van der Waals surface area (Å²) in [6, 6.07) is 7.39. The molecule has 0 aliphatic carbocycles. The molecule has 1 rings (SSSR count). The van der Waals surface area contributed by atoms with Crippen molar-refractivity contribution in [1.29, 1.82) is 0 Å². The van der Waals surface area contributed by atoms with Crippen molar-refractivity contribution in [2.75, 3.05) is 20.8 Å². The maximum Gasteiger partial charge on any atom is 0.424 e. The molecule has 0 saturated carbocycles. The topological polar surface area (TPSA) is 44.8 Å². The van der Waals surface area contributed by atoms with Gasteiger partial charge in [-0.2, -0.15) is 13.2 Å². The molecule has 220 valence electrons. The summed E-state index contributed by atoms with van der Waals surface area (Å²) in [7, 11) is 2.28. The van der Waals surface area contributed by atoms with E-state index < -0.39 is 30.5 Å². The standard InChI is InChI=1S/C33H43F3O4/c1-4-5-6-7-8-9-10-11-12-13-14-15-16-17-18-22-25-30(26-27-31(37)38-2)40-28-32(39-3,33(34,35)36)29-23-20-19-21-24-29/h5-6,8-9,11-12,14-15,17-25,30H,4,7,10,13,16,26-28H2,1-3H3/b6-5-,9-8-,12-11-,15-14-,18-17-,25-22+/t30-,32+/m0/s1. The number of hydrogen-bond acceptors (Lipinski definition) is 4. The molecule has 0 amide bonds. The summed E-state index contributed by atoms with van der Waals surface area (Å²) in [4.78, 5) is 11.6. The summed E-state index contributed by atoms with van der Waals surface area (Å²) < 4.78 is 57.9. The molecule has 7 heteroatoms. The normalized spacial score (nSPS) is 15.3. The highest BCUT2D eigenvalue weighted by molar-refractivity contribution is 5.69. The fraction of sp³-hybridized carbons (Fsp3) is 0.424. The second-order valence-corrected chi connectivity index (χ2v) is 8.91. The van der Waals surface area contributed by atoms with Gasteiger partial charge in [0, 0.05) is 13.5 Å². The fourth-order valence-corrected chi connectivity index (χ4v) is 3.65. The van der Waals surface area contributed by atoms with Crippen LogP contribution in [0.4, 0.5) is 13.2 Å². The van der Waals surface area contributed by atoms with Crippen molar-refractivity contribution in [1.82, 2.24) is 0 Å². The second-order valence-electron chi connectivity index (χ2n) is 8.91. The average Bonchev–Trinajstić information content (AvgIpc) is 2.95. The minimum Gasteiger partial charge on any atom is -0.469 e. The molecule has 1 aromatic rings. The van der Waals surface area contributed by atoms with Crippen LogP contribution >= 0.6 is 0 Å². The van der Waals surface area contributed by atoms with Gasteiger partial charge >= 0.3 is 12.1 Å². The van der Waals surface area contributed by atoms with Crippen LogP contribution in [0.5, 0.6) is 0 Å². The summed E-state index contributed by atoms with van der Waals surface area (Å²) in [6.07, 6.45) is 23.3. The van der Waals surface area contributed by atoms with E-state index in [0.717, 1.165) is 32.8 Å². The Kier molecular flexibility index (Phi) is 18.0. The molecule has 2 atom stereocenters. The first-order chi connectivity index (χ1) is 19.3. The molecule has 0 radical (unpaired) electrons. The number of allylic oxidation sites excluding steroid dienone is 11. The second kappa shape index (κ2) is 20.7. The fourth-order valence-electron chi connectivity index (χ4n) is 3.65. The third-order valence-corrected chi connectivity index (χ3v) is 5.97. The van der Waals surface area contributed by atoms with E-state index in [9.17, 15) is 18.0 Å². The molecule has 0 saturated heterocycles. The van der Waals surface area contributed by atoms with Crippen LogP contribution in [-0.2, 0) is 24.6 Å².